The van der Waals surface area contributed by atoms with Gasteiger partial charge in [0.2, 0.25) is 5.95 Å². The molecule has 292 valence electrons. The van der Waals surface area contributed by atoms with Gasteiger partial charge in [-0.15, -0.1) is 0 Å². The van der Waals surface area contributed by atoms with Crippen molar-refractivity contribution in [2.45, 2.75) is 77.2 Å². The Morgan fingerprint density at radius 2 is 1.62 bits per heavy atom. The van der Waals surface area contributed by atoms with Crippen molar-refractivity contribution in [1.29, 1.82) is 0 Å². The van der Waals surface area contributed by atoms with Crippen LogP contribution in [0.15, 0.2) is 97.3 Å². The number of carboxylic acid groups (broad SMARTS) is 1. The Balaban J connectivity index is 1.19. The van der Waals surface area contributed by atoms with Crippen molar-refractivity contribution in [1.82, 2.24) is 29.6 Å². The monoisotopic (exact) mass is 772 g/mol. The van der Waals surface area contributed by atoms with Crippen LogP contribution in [0.3, 0.4) is 0 Å². The molecule has 0 radical (unpaired) electrons. The van der Waals surface area contributed by atoms with Gasteiger partial charge < -0.3 is 19.6 Å². The largest absolute Gasteiger partial charge is 0.465 e. The van der Waals surface area contributed by atoms with E-state index < -0.39 is 14.4 Å². The molecule has 1 atom stereocenters. The van der Waals surface area contributed by atoms with E-state index in [4.69, 9.17) is 24.2 Å². The molecule has 13 heteroatoms. The molecular formula is C43H52N8O4Si. The average Bonchev–Trinajstić information content (AvgIpc) is 3.57. The summed E-state index contributed by atoms with van der Waals surface area (Å²) in [6.45, 7) is 12.6. The van der Waals surface area contributed by atoms with Crippen LogP contribution in [0.2, 0.25) is 5.04 Å². The number of likely N-dealkylation sites (tertiary alicyclic amines) is 1. The Morgan fingerprint density at radius 1 is 0.929 bits per heavy atom. The van der Waals surface area contributed by atoms with E-state index in [2.05, 4.69) is 127 Å². The van der Waals surface area contributed by atoms with Crippen molar-refractivity contribution in [3.8, 4) is 0 Å². The summed E-state index contributed by atoms with van der Waals surface area (Å²) in [5, 5.41) is 23.9. The molecule has 1 aliphatic rings. The summed E-state index contributed by atoms with van der Waals surface area (Å²) in [7, 11) is -0.976. The molecule has 1 fully saturated rings. The summed E-state index contributed by atoms with van der Waals surface area (Å²) in [4.78, 5) is 28.2. The lowest BCUT2D eigenvalue weighted by Crippen LogP contribution is -2.66. The number of fused-ring (bicyclic) bond motifs is 2. The fraction of sp³-hybridized carbons (Fsp3) is 0.372. The molecule has 4 heterocycles. The SMILES string of the molecule is CCC[C@@H](CCO[Si](c1ccccc1)(c1ccccc1)C(C)(C)C)Nc1nc(NC(=O)O)nc2cnn(Cc3ccc(CN4CC(OC)C4)c4cccnc34)c12. The van der Waals surface area contributed by atoms with E-state index in [-0.39, 0.29) is 23.1 Å². The molecular weight excluding hydrogens is 721 g/mol. The van der Waals surface area contributed by atoms with E-state index >= 15 is 0 Å². The van der Waals surface area contributed by atoms with E-state index in [9.17, 15) is 9.90 Å². The average molecular weight is 773 g/mol. The van der Waals surface area contributed by atoms with Crippen LogP contribution in [0.1, 0.15) is 58.1 Å². The Morgan fingerprint density at radius 3 is 2.27 bits per heavy atom. The van der Waals surface area contributed by atoms with Crippen molar-refractivity contribution in [2.24, 2.45) is 0 Å². The Kier molecular flexibility index (Phi) is 11.8. The minimum absolute atomic E-state index is 0.0102. The minimum Gasteiger partial charge on any atom is -0.465 e. The maximum Gasteiger partial charge on any atom is 0.411 e. The third-order valence-electron chi connectivity index (χ3n) is 10.8. The molecule has 1 amide bonds. The van der Waals surface area contributed by atoms with Gasteiger partial charge in [-0.3, -0.25) is 19.9 Å². The Bertz CT molecular complexity index is 2220. The first kappa shape index (κ1) is 39.0. The third-order valence-corrected chi connectivity index (χ3v) is 15.8. The number of aromatic nitrogens is 5. The lowest BCUT2D eigenvalue weighted by molar-refractivity contribution is -0.0332. The lowest BCUT2D eigenvalue weighted by Gasteiger charge is -2.43. The van der Waals surface area contributed by atoms with Gasteiger partial charge in [-0.2, -0.15) is 10.1 Å². The van der Waals surface area contributed by atoms with Gasteiger partial charge in [-0.05, 0) is 45.4 Å². The highest BCUT2D eigenvalue weighted by atomic mass is 28.4. The summed E-state index contributed by atoms with van der Waals surface area (Å²) >= 11 is 0. The first-order chi connectivity index (χ1) is 27.1. The molecule has 0 saturated carbocycles. The predicted octanol–water partition coefficient (Wildman–Crippen LogP) is 6.89. The minimum atomic E-state index is -2.74. The molecule has 3 N–H and O–H groups in total. The fourth-order valence-corrected chi connectivity index (χ4v) is 12.7. The highest BCUT2D eigenvalue weighted by molar-refractivity contribution is 6.99. The van der Waals surface area contributed by atoms with E-state index in [1.807, 2.05) is 16.9 Å². The van der Waals surface area contributed by atoms with Gasteiger partial charge in [-0.25, -0.2) is 9.78 Å². The number of hydrogen-bond donors (Lipinski definition) is 3. The van der Waals surface area contributed by atoms with Gasteiger partial charge in [-0.1, -0.05) is 113 Å². The highest BCUT2D eigenvalue weighted by Crippen LogP contribution is 2.37. The van der Waals surface area contributed by atoms with Gasteiger partial charge in [0.25, 0.3) is 8.32 Å². The molecule has 3 aromatic carbocycles. The highest BCUT2D eigenvalue weighted by Gasteiger charge is 2.50. The second-order valence-electron chi connectivity index (χ2n) is 15.6. The van der Waals surface area contributed by atoms with Crippen LogP contribution in [0.25, 0.3) is 21.9 Å². The molecule has 1 saturated heterocycles. The zero-order valence-corrected chi connectivity index (χ0v) is 33.9. The van der Waals surface area contributed by atoms with Crippen LogP contribution in [-0.4, -0.2) is 88.1 Å². The van der Waals surface area contributed by atoms with Crippen LogP contribution in [0.5, 0.6) is 0 Å². The topological polar surface area (TPSA) is 140 Å². The molecule has 1 aliphatic heterocycles. The number of benzene rings is 3. The maximum absolute atomic E-state index is 11.7. The van der Waals surface area contributed by atoms with Crippen molar-refractivity contribution in [2.75, 3.05) is 37.4 Å². The van der Waals surface area contributed by atoms with Gasteiger partial charge in [0.05, 0.1) is 24.4 Å². The number of hydrogen-bond acceptors (Lipinski definition) is 9. The molecule has 7 rings (SSSR count). The summed E-state index contributed by atoms with van der Waals surface area (Å²) in [5.41, 5.74) is 4.37. The number of nitrogens with zero attached hydrogens (tertiary/aromatic N) is 6. The van der Waals surface area contributed by atoms with Crippen LogP contribution in [0.4, 0.5) is 16.6 Å². The second kappa shape index (κ2) is 16.9. The zero-order valence-electron chi connectivity index (χ0n) is 32.9. The number of pyridine rings is 1. The van der Waals surface area contributed by atoms with E-state index in [1.165, 1.54) is 15.9 Å². The van der Waals surface area contributed by atoms with Crippen molar-refractivity contribution in [3.63, 3.8) is 0 Å². The molecule has 0 unspecified atom stereocenters. The van der Waals surface area contributed by atoms with E-state index in [0.29, 0.717) is 36.4 Å². The predicted molar refractivity (Wildman–Crippen MR) is 224 cm³/mol. The van der Waals surface area contributed by atoms with Gasteiger partial charge in [0.15, 0.2) is 5.82 Å². The van der Waals surface area contributed by atoms with Crippen LogP contribution < -0.4 is 21.0 Å². The Hall–Kier alpha value is -5.21. The number of anilines is 2. The van der Waals surface area contributed by atoms with Crippen molar-refractivity contribution < 1.29 is 19.1 Å². The second-order valence-corrected chi connectivity index (χ2v) is 19.9. The molecule has 12 nitrogen and oxygen atoms in total. The molecule has 6 aromatic rings. The zero-order chi connectivity index (χ0) is 39.3. The summed E-state index contributed by atoms with van der Waals surface area (Å²) in [5.74, 6) is 0.503. The van der Waals surface area contributed by atoms with Gasteiger partial charge in [0, 0.05) is 51.0 Å². The lowest BCUT2D eigenvalue weighted by atomic mass is 10.0. The van der Waals surface area contributed by atoms with Crippen molar-refractivity contribution in [3.05, 3.63) is 108 Å². The number of nitrogens with one attached hydrogen (secondary N) is 2. The molecule has 0 bridgehead atoms. The number of carbonyl (C=O) groups is 1. The number of rotatable bonds is 16. The molecule has 56 heavy (non-hydrogen) atoms. The van der Waals surface area contributed by atoms with Crippen LogP contribution >= 0.6 is 0 Å². The summed E-state index contributed by atoms with van der Waals surface area (Å²) in [6.07, 6.45) is 5.02. The van der Waals surface area contributed by atoms with E-state index in [0.717, 1.165) is 48.9 Å². The smallest absolute Gasteiger partial charge is 0.411 e. The normalized spacial score (nSPS) is 14.5. The maximum atomic E-state index is 11.7. The van der Waals surface area contributed by atoms with Crippen LogP contribution in [-0.2, 0) is 22.3 Å². The summed E-state index contributed by atoms with van der Waals surface area (Å²) < 4.78 is 14.6. The summed E-state index contributed by atoms with van der Waals surface area (Å²) in [6, 6.07) is 29.7. The molecule has 3 aromatic heterocycles. The van der Waals surface area contributed by atoms with Crippen LogP contribution in [0, 0.1) is 0 Å². The third kappa shape index (κ3) is 8.17. The first-order valence-corrected chi connectivity index (χ1v) is 21.4. The molecule has 0 aliphatic carbocycles. The number of methoxy groups -OCH3 is 1. The number of amides is 1. The van der Waals surface area contributed by atoms with Gasteiger partial charge >= 0.3 is 6.09 Å². The van der Waals surface area contributed by atoms with E-state index in [1.54, 1.807) is 13.3 Å². The number of ether oxygens (including phenoxy) is 1. The van der Waals surface area contributed by atoms with Gasteiger partial charge in [0.1, 0.15) is 11.0 Å². The quantitative estimate of drug-likeness (QED) is 0.0892. The first-order valence-electron chi connectivity index (χ1n) is 19.4. The molecule has 0 spiro atoms. The fourth-order valence-electron chi connectivity index (χ4n) is 8.08. The van der Waals surface area contributed by atoms with Crippen molar-refractivity contribution >= 4 is 58.5 Å². The Labute approximate surface area is 329 Å². The standard InChI is InChI=1S/C43H52N8O4Si/c1-6-14-32(22-24-55-56(43(2,3)4,34-15-9-7-10-16-34)35-17-11-8-12-18-35)46-40-39-37(47-41(48-40)49-42(52)53)25-45-51(39)27-31-21-20-30(26-50-28-33(29-50)54-5)36-19-13-23-44-38(31)36/h7-13,15-21,23,25,32-33H,6,14,22,24,26-29H2,1-5H3,(H,52,53)(H2,46,47,48,49)/t32-/m0/s1.